The standard InChI is InChI=1S/C32H41N3O4/c1-32(2,3)33-29(37)27-18-22-13-7-8-14-23(22)19-34(27)20-28(36)26(17-21-11-5-4-6-12-21)35-30(38)24-15-9-10-16-25(24)31(35)39/h4-6,9-12,15-16,22-23,26-28,36H,7-8,13-14,17-20H2,1-3H3,(H,33,37). The molecular weight excluding hydrogens is 490 g/mol. The first-order chi connectivity index (χ1) is 18.6. The SMILES string of the molecule is CC(C)(C)NC(=O)C1CC2CCCCC2CN1CC(O)C(Cc1ccccc1)N1C(=O)c2ccccc2C1=O. The van der Waals surface area contributed by atoms with Gasteiger partial charge in [-0.3, -0.25) is 24.2 Å². The fourth-order valence-corrected chi connectivity index (χ4v) is 6.75. The number of rotatable bonds is 7. The van der Waals surface area contributed by atoms with Crippen LogP contribution in [0.25, 0.3) is 0 Å². The van der Waals surface area contributed by atoms with Crippen molar-refractivity contribution in [2.75, 3.05) is 13.1 Å². The van der Waals surface area contributed by atoms with Gasteiger partial charge < -0.3 is 10.4 Å². The Morgan fingerprint density at radius 1 is 0.949 bits per heavy atom. The summed E-state index contributed by atoms with van der Waals surface area (Å²) in [5.41, 5.74) is 1.32. The maximum atomic E-state index is 13.5. The van der Waals surface area contributed by atoms with E-state index in [1.165, 1.54) is 17.7 Å². The van der Waals surface area contributed by atoms with Crippen LogP contribution in [0.2, 0.25) is 0 Å². The van der Waals surface area contributed by atoms with Crippen molar-refractivity contribution in [1.82, 2.24) is 15.1 Å². The van der Waals surface area contributed by atoms with Crippen LogP contribution in [0, 0.1) is 11.8 Å². The number of carbonyl (C=O) groups is 3. The number of nitrogens with one attached hydrogen (secondary N) is 1. The maximum absolute atomic E-state index is 13.5. The number of hydrogen-bond acceptors (Lipinski definition) is 5. The average Bonchev–Trinajstić information content (AvgIpc) is 3.16. The number of piperidine rings is 1. The smallest absolute Gasteiger partial charge is 0.261 e. The van der Waals surface area contributed by atoms with E-state index in [1.807, 2.05) is 51.1 Å². The zero-order chi connectivity index (χ0) is 27.7. The molecule has 7 heteroatoms. The van der Waals surface area contributed by atoms with Gasteiger partial charge in [0, 0.05) is 18.6 Å². The van der Waals surface area contributed by atoms with Crippen molar-refractivity contribution in [1.29, 1.82) is 0 Å². The molecule has 1 saturated carbocycles. The second-order valence-electron chi connectivity index (χ2n) is 12.6. The predicted molar refractivity (Wildman–Crippen MR) is 150 cm³/mol. The Bertz CT molecular complexity index is 1170. The molecule has 2 heterocycles. The normalized spacial score (nSPS) is 25.1. The molecule has 5 atom stereocenters. The molecule has 2 aromatic carbocycles. The second-order valence-corrected chi connectivity index (χ2v) is 12.6. The molecule has 3 amide bonds. The highest BCUT2D eigenvalue weighted by molar-refractivity contribution is 6.21. The molecule has 2 aromatic rings. The Morgan fingerprint density at radius 2 is 1.54 bits per heavy atom. The molecule has 5 rings (SSSR count). The summed E-state index contributed by atoms with van der Waals surface area (Å²) in [4.78, 5) is 43.8. The molecule has 7 nitrogen and oxygen atoms in total. The first-order valence-electron chi connectivity index (χ1n) is 14.4. The van der Waals surface area contributed by atoms with E-state index in [1.54, 1.807) is 24.3 Å². The molecule has 2 fully saturated rings. The van der Waals surface area contributed by atoms with E-state index in [-0.39, 0.29) is 35.8 Å². The topological polar surface area (TPSA) is 90.0 Å². The lowest BCUT2D eigenvalue weighted by Crippen LogP contribution is -2.60. The number of β-amino-alcohol motifs (C(OH)–C–C–N with tert-alkyl or cyclic N) is 1. The van der Waals surface area contributed by atoms with Gasteiger partial charge in [0.1, 0.15) is 0 Å². The van der Waals surface area contributed by atoms with Crippen molar-refractivity contribution < 1.29 is 19.5 Å². The quantitative estimate of drug-likeness (QED) is 0.526. The van der Waals surface area contributed by atoms with E-state index in [0.29, 0.717) is 29.4 Å². The molecule has 1 aliphatic carbocycles. The molecule has 0 radical (unpaired) electrons. The highest BCUT2D eigenvalue weighted by Gasteiger charge is 2.45. The Labute approximate surface area is 231 Å². The van der Waals surface area contributed by atoms with Crippen molar-refractivity contribution in [2.24, 2.45) is 11.8 Å². The highest BCUT2D eigenvalue weighted by Crippen LogP contribution is 2.39. The van der Waals surface area contributed by atoms with E-state index in [9.17, 15) is 19.5 Å². The first kappa shape index (κ1) is 27.5. The number of nitrogens with zero attached hydrogens (tertiary/aromatic N) is 2. The molecule has 0 spiro atoms. The van der Waals surface area contributed by atoms with E-state index in [4.69, 9.17) is 0 Å². The summed E-state index contributed by atoms with van der Waals surface area (Å²) in [6, 6.07) is 15.4. The molecule has 0 aromatic heterocycles. The number of amides is 3. The van der Waals surface area contributed by atoms with Crippen LogP contribution in [0.5, 0.6) is 0 Å². The Hall–Kier alpha value is -3.03. The minimum atomic E-state index is -1.02. The molecule has 2 aliphatic heterocycles. The van der Waals surface area contributed by atoms with E-state index in [2.05, 4.69) is 10.2 Å². The summed E-state index contributed by atoms with van der Waals surface area (Å²) in [5, 5.41) is 15.0. The number of imide groups is 1. The van der Waals surface area contributed by atoms with Gasteiger partial charge in [0.25, 0.3) is 11.8 Å². The minimum absolute atomic E-state index is 0.0148. The lowest BCUT2D eigenvalue weighted by atomic mass is 9.72. The largest absolute Gasteiger partial charge is 0.390 e. The summed E-state index contributed by atoms with van der Waals surface area (Å²) in [7, 11) is 0. The Balaban J connectivity index is 1.43. The maximum Gasteiger partial charge on any atom is 0.261 e. The molecule has 1 saturated heterocycles. The number of carbonyl (C=O) groups excluding carboxylic acids is 3. The Morgan fingerprint density at radius 3 is 2.15 bits per heavy atom. The molecule has 2 N–H and O–H groups in total. The summed E-state index contributed by atoms with van der Waals surface area (Å²) in [6.45, 7) is 6.90. The second kappa shape index (κ2) is 11.2. The zero-order valence-corrected chi connectivity index (χ0v) is 23.3. The molecule has 5 unspecified atom stereocenters. The molecule has 39 heavy (non-hydrogen) atoms. The van der Waals surface area contributed by atoms with Gasteiger partial charge in [0.2, 0.25) is 5.91 Å². The molecule has 0 bridgehead atoms. The molecular formula is C32H41N3O4. The van der Waals surface area contributed by atoms with Crippen LogP contribution in [0.1, 0.15) is 79.2 Å². The van der Waals surface area contributed by atoms with Crippen molar-refractivity contribution in [2.45, 2.75) is 83.0 Å². The van der Waals surface area contributed by atoms with Gasteiger partial charge in [-0.05, 0) is 69.6 Å². The fraction of sp³-hybridized carbons (Fsp3) is 0.531. The van der Waals surface area contributed by atoms with Crippen molar-refractivity contribution in [3.8, 4) is 0 Å². The predicted octanol–water partition coefficient (Wildman–Crippen LogP) is 4.05. The van der Waals surface area contributed by atoms with Gasteiger partial charge in [-0.1, -0.05) is 61.7 Å². The van der Waals surface area contributed by atoms with Crippen LogP contribution in [0.3, 0.4) is 0 Å². The summed E-state index contributed by atoms with van der Waals surface area (Å²) in [5.74, 6) is 0.252. The molecule has 208 valence electrons. The van der Waals surface area contributed by atoms with Crippen molar-refractivity contribution in [3.63, 3.8) is 0 Å². The summed E-state index contributed by atoms with van der Waals surface area (Å²) < 4.78 is 0. The van der Waals surface area contributed by atoms with Crippen LogP contribution in [0.15, 0.2) is 54.6 Å². The summed E-state index contributed by atoms with van der Waals surface area (Å²) >= 11 is 0. The third-order valence-electron chi connectivity index (χ3n) is 8.61. The zero-order valence-electron chi connectivity index (χ0n) is 23.3. The van der Waals surface area contributed by atoms with Crippen molar-refractivity contribution in [3.05, 3.63) is 71.3 Å². The van der Waals surface area contributed by atoms with Crippen molar-refractivity contribution >= 4 is 17.7 Å². The van der Waals surface area contributed by atoms with Gasteiger partial charge in [0.15, 0.2) is 0 Å². The first-order valence-corrected chi connectivity index (χ1v) is 14.4. The average molecular weight is 532 g/mol. The Kier molecular flexibility index (Phi) is 7.92. The lowest BCUT2D eigenvalue weighted by molar-refractivity contribution is -0.132. The third-order valence-corrected chi connectivity index (χ3v) is 8.61. The minimum Gasteiger partial charge on any atom is -0.390 e. The number of hydrogen-bond donors (Lipinski definition) is 2. The van der Waals surface area contributed by atoms with Gasteiger partial charge in [0.05, 0.1) is 29.3 Å². The van der Waals surface area contributed by atoms with E-state index in [0.717, 1.165) is 31.4 Å². The fourth-order valence-electron chi connectivity index (χ4n) is 6.75. The van der Waals surface area contributed by atoms with Crippen LogP contribution in [-0.2, 0) is 11.2 Å². The number of aliphatic hydroxyl groups excluding tert-OH is 1. The van der Waals surface area contributed by atoms with Crippen LogP contribution < -0.4 is 5.32 Å². The van der Waals surface area contributed by atoms with E-state index >= 15 is 0 Å². The van der Waals surface area contributed by atoms with Gasteiger partial charge in [-0.2, -0.15) is 0 Å². The van der Waals surface area contributed by atoms with E-state index < -0.39 is 12.1 Å². The highest BCUT2D eigenvalue weighted by atomic mass is 16.3. The van der Waals surface area contributed by atoms with Gasteiger partial charge in [-0.15, -0.1) is 0 Å². The monoisotopic (exact) mass is 531 g/mol. The third kappa shape index (κ3) is 5.94. The van der Waals surface area contributed by atoms with Crippen LogP contribution in [-0.4, -0.2) is 69.4 Å². The van der Waals surface area contributed by atoms with Crippen LogP contribution >= 0.6 is 0 Å². The molecule has 3 aliphatic rings. The number of aliphatic hydroxyl groups is 1. The number of fused-ring (bicyclic) bond motifs is 2. The number of benzene rings is 2. The van der Waals surface area contributed by atoms with Crippen LogP contribution in [0.4, 0.5) is 0 Å². The lowest BCUT2D eigenvalue weighted by Gasteiger charge is -2.47. The van der Waals surface area contributed by atoms with Gasteiger partial charge in [-0.25, -0.2) is 0 Å². The number of likely N-dealkylation sites (tertiary alicyclic amines) is 1. The summed E-state index contributed by atoms with van der Waals surface area (Å²) in [6.07, 6.45) is 4.78. The van der Waals surface area contributed by atoms with Gasteiger partial charge >= 0.3 is 0 Å².